The minimum atomic E-state index is -1.09. The number of aldehydes is 1. The number of nitrogens with zero attached hydrogens (tertiary/aromatic N) is 11. The molecule has 0 unspecified atom stereocenters. The van der Waals surface area contributed by atoms with Crippen LogP contribution >= 0.6 is 0 Å². The molecule has 0 saturated carbocycles. The smallest absolute Gasteiger partial charge is 0.324 e. The van der Waals surface area contributed by atoms with Gasteiger partial charge in [0.05, 0.1) is 30.4 Å². The Hall–Kier alpha value is -10.1. The van der Waals surface area contributed by atoms with Gasteiger partial charge in [-0.3, -0.25) is 59.2 Å². The molecule has 0 spiro atoms. The van der Waals surface area contributed by atoms with Crippen LogP contribution in [-0.2, 0) is 53.7 Å². The fourth-order valence-electron chi connectivity index (χ4n) is 15.4. The molecule has 27 heteroatoms. The fourth-order valence-corrected chi connectivity index (χ4v) is 15.4. The van der Waals surface area contributed by atoms with Crippen molar-refractivity contribution in [2.75, 3.05) is 85.1 Å². The molecule has 3 N–H and O–H groups in total. The summed E-state index contributed by atoms with van der Waals surface area (Å²) in [6, 6.07) is 25.2. The first-order chi connectivity index (χ1) is 53.0. The second-order valence-corrected chi connectivity index (χ2v) is 29.3. The van der Waals surface area contributed by atoms with Crippen molar-refractivity contribution in [1.82, 2.24) is 68.7 Å². The van der Waals surface area contributed by atoms with Gasteiger partial charge in [0, 0.05) is 163 Å². The highest BCUT2D eigenvalue weighted by atomic mass is 19.1. The first-order valence-electron chi connectivity index (χ1n) is 38.6. The summed E-state index contributed by atoms with van der Waals surface area (Å²) >= 11 is 0. The molecule has 6 aromatic heterocycles. The number of ether oxygens (including phenoxy) is 2. The number of likely N-dealkylation sites (tertiary alicyclic amines) is 3. The van der Waals surface area contributed by atoms with Gasteiger partial charge >= 0.3 is 12.1 Å². The van der Waals surface area contributed by atoms with Crippen molar-refractivity contribution >= 4 is 51.7 Å². The summed E-state index contributed by atoms with van der Waals surface area (Å²) in [5.74, 6) is 1.89. The van der Waals surface area contributed by atoms with E-state index in [1.807, 2.05) is 79.1 Å². The van der Waals surface area contributed by atoms with E-state index < -0.39 is 36.6 Å². The van der Waals surface area contributed by atoms with Gasteiger partial charge in [0.2, 0.25) is 11.8 Å². The van der Waals surface area contributed by atoms with E-state index in [-0.39, 0.29) is 73.1 Å². The fraction of sp³-hybridized carbons (Fsp3) is 0.476. The highest BCUT2D eigenvalue weighted by Crippen LogP contribution is 2.33. The maximum Gasteiger partial charge on any atom is 0.324 e. The number of amides is 6. The molecule has 578 valence electrons. The van der Waals surface area contributed by atoms with Crippen molar-refractivity contribution < 1.29 is 42.2 Å². The third kappa shape index (κ3) is 20.4. The summed E-state index contributed by atoms with van der Waals surface area (Å²) in [5, 5.41) is 10.9. The summed E-state index contributed by atoms with van der Waals surface area (Å²) in [4.78, 5) is 126. The highest BCUT2D eigenvalue weighted by molar-refractivity contribution is 5.98. The largest absolute Gasteiger partial charge is 0.487 e. The summed E-state index contributed by atoms with van der Waals surface area (Å²) in [5.41, 5.74) is 4.40. The monoisotopic (exact) mass is 1490 g/mol. The van der Waals surface area contributed by atoms with Crippen LogP contribution in [0.1, 0.15) is 102 Å². The van der Waals surface area contributed by atoms with Crippen molar-refractivity contribution in [3.8, 4) is 33.8 Å². The predicted molar refractivity (Wildman–Crippen MR) is 413 cm³/mol. The summed E-state index contributed by atoms with van der Waals surface area (Å²) < 4.78 is 49.4. The number of benzene rings is 2. The highest BCUT2D eigenvalue weighted by Gasteiger charge is 2.35. The average Bonchev–Trinajstić information content (AvgIpc) is 0.778. The van der Waals surface area contributed by atoms with E-state index in [9.17, 15) is 43.2 Å². The van der Waals surface area contributed by atoms with E-state index in [4.69, 9.17) is 9.47 Å². The van der Waals surface area contributed by atoms with E-state index in [0.717, 1.165) is 130 Å². The number of carbonyl (C=O) groups excluding carboxylic acids is 5. The van der Waals surface area contributed by atoms with Gasteiger partial charge in [-0.15, -0.1) is 0 Å². The molecule has 6 fully saturated rings. The van der Waals surface area contributed by atoms with Crippen molar-refractivity contribution in [1.29, 1.82) is 0 Å². The maximum absolute atomic E-state index is 15.5. The number of hydrogen-bond donors (Lipinski definition) is 3. The standard InChI is InChI=1S/C41H50FN7O5.C29H37FN4O2.C12H13N3O4/c1-2-3-16-48-27-35(33-10-15-43-24-34(33)40(48)52)30-6-8-32(9-7-30)54-37-13-20-46(28-36(37)42)25-29-11-18-45(19-12-29)22-23-47-17-4-5-31(39(47)51)26-49-21-14-38(50)44-41(49)53;1-2-3-15-34-19-26(24-10-14-32-17-25(24)29(34)35)22-4-6-23(7-5-22)36-28-11-16-33(20-27(28)30)18-21-8-12-31-13-9-21;16-7-6-14-4-1-2-9(11(14)18)8-15-5-3-10(17)13-12(15)19/h4-10,15,17,24,27,29,36-37H,2-3,11-14,16,18-23,25-26,28H2,1H3,(H,44,50,53);4-7,10,14,17,19,21,27-28,31H,2-3,8-9,11-13,15-16,18,20H2,1H3;1-2,4,7H,3,5-6,8H2,(H,13,17,19)/t36-,37-;27-,28-;/m00./s1. The molecule has 0 radical (unpaired) electrons. The van der Waals surface area contributed by atoms with Crippen LogP contribution in [-0.4, -0.2) is 193 Å². The number of carbonyl (C=O) groups is 5. The Kier molecular flexibility index (Phi) is 27.2. The summed E-state index contributed by atoms with van der Waals surface area (Å²) in [6.07, 6.45) is 21.6. The normalized spacial score (nSPS) is 19.9. The van der Waals surface area contributed by atoms with Crippen LogP contribution in [0.3, 0.4) is 0 Å². The molecule has 14 rings (SSSR count). The van der Waals surface area contributed by atoms with Gasteiger partial charge in [0.1, 0.15) is 42.3 Å². The van der Waals surface area contributed by atoms with Crippen molar-refractivity contribution in [3.63, 3.8) is 0 Å². The zero-order valence-corrected chi connectivity index (χ0v) is 62.3. The van der Waals surface area contributed by atoms with Crippen LogP contribution in [0.15, 0.2) is 154 Å². The zero-order chi connectivity index (χ0) is 76.3. The van der Waals surface area contributed by atoms with E-state index in [0.29, 0.717) is 104 Å². The van der Waals surface area contributed by atoms with Crippen molar-refractivity contribution in [3.05, 3.63) is 187 Å². The van der Waals surface area contributed by atoms with Crippen LogP contribution in [0.5, 0.6) is 11.5 Å². The zero-order valence-electron chi connectivity index (χ0n) is 62.3. The number of piperidine rings is 4. The maximum atomic E-state index is 15.5. The topological polar surface area (TPSA) is 270 Å². The molecule has 6 saturated heterocycles. The van der Waals surface area contributed by atoms with Gasteiger partial charge in [-0.05, 0) is 160 Å². The second kappa shape index (κ2) is 37.8. The van der Waals surface area contributed by atoms with Crippen LogP contribution in [0.2, 0.25) is 0 Å². The van der Waals surface area contributed by atoms with Crippen molar-refractivity contribution in [2.24, 2.45) is 11.8 Å². The number of alkyl halides is 2. The van der Waals surface area contributed by atoms with Gasteiger partial charge in [0.25, 0.3) is 22.2 Å². The number of unbranched alkanes of at least 4 members (excludes halogenated alkanes) is 2. The first kappa shape index (κ1) is 78.5. The SMILES string of the molecule is CCCCn1cc(-c2ccc(O[C@H]3CCN(CC4CCN(CCn5cccc(CN6CCC(=O)NC6=O)c5=O)CC4)C[C@@H]3F)cc2)c2ccncc2c1=O.CCCCn1cc(-c2ccc(O[C@H]3CCN(CC4CCNCC4)C[C@@H]3F)cc2)c2ccncc2c1=O.O=CCn1cccc(CN2CCC(=O)NC2=O)c1=O. The predicted octanol–water partition coefficient (Wildman–Crippen LogP) is 8.81. The molecule has 25 nitrogen and oxygen atoms in total. The molecule has 6 aliphatic rings. The molecule has 6 aliphatic heterocycles. The quantitative estimate of drug-likeness (QED) is 0.0451. The molecular weight excluding hydrogens is 1390 g/mol. The third-order valence-corrected chi connectivity index (χ3v) is 21.6. The van der Waals surface area contributed by atoms with Crippen LogP contribution in [0.4, 0.5) is 18.4 Å². The van der Waals surface area contributed by atoms with E-state index in [1.54, 1.807) is 62.9 Å². The number of aryl methyl sites for hydroxylation is 2. The lowest BCUT2D eigenvalue weighted by Crippen LogP contribution is -2.49. The van der Waals surface area contributed by atoms with Crippen LogP contribution < -0.4 is 47.7 Å². The Morgan fingerprint density at radius 2 is 0.936 bits per heavy atom. The Labute approximate surface area is 632 Å². The Morgan fingerprint density at radius 1 is 0.486 bits per heavy atom. The molecule has 4 atom stereocenters. The van der Waals surface area contributed by atoms with Gasteiger partial charge in [-0.2, -0.15) is 0 Å². The van der Waals surface area contributed by atoms with E-state index >= 15 is 8.78 Å². The summed E-state index contributed by atoms with van der Waals surface area (Å²) in [7, 11) is 0. The number of aromatic nitrogens is 6. The number of rotatable bonds is 25. The molecule has 2 aromatic carbocycles. The number of imide groups is 2. The lowest BCUT2D eigenvalue weighted by Gasteiger charge is -2.39. The molecule has 6 amide bonds. The lowest BCUT2D eigenvalue weighted by atomic mass is 9.94. The van der Waals surface area contributed by atoms with Gasteiger partial charge < -0.3 is 52.6 Å². The molecule has 0 aliphatic carbocycles. The molecule has 8 aromatic rings. The second-order valence-electron chi connectivity index (χ2n) is 29.3. The lowest BCUT2D eigenvalue weighted by molar-refractivity contribution is -0.122. The third-order valence-electron chi connectivity index (χ3n) is 21.6. The van der Waals surface area contributed by atoms with E-state index in [2.05, 4.69) is 54.5 Å². The Balaban J connectivity index is 0.000000172. The molecule has 12 heterocycles. The average molecular weight is 1500 g/mol. The minimum Gasteiger partial charge on any atom is -0.487 e. The first-order valence-corrected chi connectivity index (χ1v) is 38.6. The number of pyridine rings is 6. The number of urea groups is 2. The number of hydrogen-bond acceptors (Lipinski definition) is 17. The van der Waals surface area contributed by atoms with Crippen LogP contribution in [0.25, 0.3) is 43.8 Å². The number of nitrogens with one attached hydrogen (secondary N) is 3. The van der Waals surface area contributed by atoms with Crippen LogP contribution in [0, 0.1) is 11.8 Å². The Bertz CT molecular complexity index is 4710. The number of fused-ring (bicyclic) bond motifs is 2. The molecular formula is C82H100F2N14O11. The van der Waals surface area contributed by atoms with Gasteiger partial charge in [-0.1, -0.05) is 63.1 Å². The van der Waals surface area contributed by atoms with Gasteiger partial charge in [0.15, 0.2) is 0 Å². The molecule has 0 bridgehead atoms. The summed E-state index contributed by atoms with van der Waals surface area (Å²) in [6.45, 7) is 16.1. The minimum absolute atomic E-state index is 0.00395. The number of halogens is 2. The Morgan fingerprint density at radius 3 is 1.39 bits per heavy atom. The van der Waals surface area contributed by atoms with Crippen molar-refractivity contribution in [2.45, 2.75) is 155 Å². The molecule has 109 heavy (non-hydrogen) atoms. The van der Waals surface area contributed by atoms with E-state index in [1.165, 1.54) is 33.4 Å². The van der Waals surface area contributed by atoms with Gasteiger partial charge in [-0.25, -0.2) is 18.4 Å².